The summed E-state index contributed by atoms with van der Waals surface area (Å²) >= 11 is 0. The Morgan fingerprint density at radius 2 is 1.45 bits per heavy atom. The van der Waals surface area contributed by atoms with Crippen LogP contribution in [0, 0.1) is 6.92 Å². The predicted octanol–water partition coefficient (Wildman–Crippen LogP) is 1.33. The van der Waals surface area contributed by atoms with Crippen molar-refractivity contribution in [1.29, 1.82) is 0 Å². The average molecular weight is 411 g/mol. The van der Waals surface area contributed by atoms with E-state index >= 15 is 0 Å². The van der Waals surface area contributed by atoms with E-state index in [-0.39, 0.29) is 24.0 Å². The molecule has 0 aliphatic rings. The first-order chi connectivity index (χ1) is 9.83. The van der Waals surface area contributed by atoms with Gasteiger partial charge in [-0.25, -0.2) is 0 Å². The molecule has 1 N–H and O–H groups in total. The van der Waals surface area contributed by atoms with E-state index in [1.807, 2.05) is 37.3 Å². The van der Waals surface area contributed by atoms with E-state index in [9.17, 15) is 5.11 Å². The smallest absolute Gasteiger partial charge is 0.124 e. The highest BCUT2D eigenvalue weighted by Crippen LogP contribution is 2.26. The monoisotopic (exact) mass is 411 g/mol. The van der Waals surface area contributed by atoms with Gasteiger partial charge >= 0.3 is 0 Å². The van der Waals surface area contributed by atoms with Gasteiger partial charge in [-0.3, -0.25) is 0 Å². The van der Waals surface area contributed by atoms with E-state index in [2.05, 4.69) is 31.4 Å². The number of benzene rings is 2. The molecule has 2 aromatic carbocycles. The number of quaternary nitrogens is 1. The number of aryl methyl sites for hydroxylation is 1. The Labute approximate surface area is 149 Å². The Bertz CT molecular complexity index is 646. The van der Waals surface area contributed by atoms with Gasteiger partial charge in [0.1, 0.15) is 12.3 Å². The van der Waals surface area contributed by atoms with Crippen molar-refractivity contribution in [3.63, 3.8) is 0 Å². The van der Waals surface area contributed by atoms with Crippen molar-refractivity contribution in [1.82, 2.24) is 0 Å². The molecular formula is C17H22IN3O. The van der Waals surface area contributed by atoms with Gasteiger partial charge in [0.05, 0.1) is 38.1 Å². The zero-order valence-corrected chi connectivity index (χ0v) is 15.6. The number of azo groups is 1. The molecule has 0 saturated heterocycles. The summed E-state index contributed by atoms with van der Waals surface area (Å²) in [7, 11) is 6.25. The molecule has 0 aromatic heterocycles. The first kappa shape index (κ1) is 18.6. The second-order valence-electron chi connectivity index (χ2n) is 6.30. The van der Waals surface area contributed by atoms with Gasteiger partial charge in [0.15, 0.2) is 0 Å². The summed E-state index contributed by atoms with van der Waals surface area (Å²) < 4.78 is 0.742. The number of hydrogen-bond donors (Lipinski definition) is 1. The zero-order valence-electron chi connectivity index (χ0n) is 13.4. The molecular weight excluding hydrogens is 389 g/mol. The van der Waals surface area contributed by atoms with Crippen LogP contribution < -0.4 is 24.0 Å². The molecule has 0 aliphatic heterocycles. The predicted molar refractivity (Wildman–Crippen MR) is 85.2 cm³/mol. The average Bonchev–Trinajstić information content (AvgIpc) is 2.40. The summed E-state index contributed by atoms with van der Waals surface area (Å²) in [6, 6.07) is 13.2. The first-order valence-corrected chi connectivity index (χ1v) is 6.94. The van der Waals surface area contributed by atoms with Crippen LogP contribution in [0.2, 0.25) is 0 Å². The highest BCUT2D eigenvalue weighted by molar-refractivity contribution is 5.47. The molecule has 0 aliphatic carbocycles. The molecule has 0 heterocycles. The number of phenols is 1. The highest BCUT2D eigenvalue weighted by atomic mass is 127. The summed E-state index contributed by atoms with van der Waals surface area (Å²) in [5.74, 6) is 0.303. The van der Waals surface area contributed by atoms with Crippen LogP contribution in [0.1, 0.15) is 11.1 Å². The molecule has 5 heteroatoms. The van der Waals surface area contributed by atoms with Crippen molar-refractivity contribution in [2.75, 3.05) is 21.1 Å². The van der Waals surface area contributed by atoms with Gasteiger partial charge in [0, 0.05) is 0 Å². The summed E-state index contributed by atoms with van der Waals surface area (Å²) in [5, 5.41) is 18.4. The van der Waals surface area contributed by atoms with E-state index in [0.29, 0.717) is 5.75 Å². The lowest BCUT2D eigenvalue weighted by molar-refractivity contribution is -0.884. The Hall–Kier alpha value is -1.47. The van der Waals surface area contributed by atoms with Crippen molar-refractivity contribution in [2.45, 2.75) is 13.5 Å². The largest absolute Gasteiger partial charge is 1.00 e. The van der Waals surface area contributed by atoms with Crippen molar-refractivity contribution in [3.05, 3.63) is 53.6 Å². The lowest BCUT2D eigenvalue weighted by Crippen LogP contribution is -3.00. The minimum atomic E-state index is 0. The number of rotatable bonds is 4. The van der Waals surface area contributed by atoms with Crippen LogP contribution in [-0.4, -0.2) is 30.7 Å². The van der Waals surface area contributed by atoms with Crippen LogP contribution in [0.3, 0.4) is 0 Å². The number of halogens is 1. The third-order valence-corrected chi connectivity index (χ3v) is 3.02. The van der Waals surface area contributed by atoms with E-state index in [4.69, 9.17) is 0 Å². The normalized spacial score (nSPS) is 11.5. The van der Waals surface area contributed by atoms with E-state index in [1.165, 1.54) is 5.56 Å². The number of phenolic OH excluding ortho intramolecular Hbond substituents is 1. The maximum absolute atomic E-state index is 9.93. The number of aromatic hydroxyl groups is 1. The van der Waals surface area contributed by atoms with Gasteiger partial charge < -0.3 is 33.6 Å². The van der Waals surface area contributed by atoms with Gasteiger partial charge in [0.25, 0.3) is 0 Å². The molecule has 0 spiro atoms. The van der Waals surface area contributed by atoms with Crippen LogP contribution in [0.4, 0.5) is 11.4 Å². The zero-order chi connectivity index (χ0) is 15.5. The standard InChI is InChI=1S/C17H21N3O.HI/c1-13-5-7-15(8-6-13)18-19-16-9-10-17(21)14(11-16)12-20(2,3)4;/h5-11H,12H2,1-4H3;1H. The van der Waals surface area contributed by atoms with Gasteiger partial charge in [-0.1, -0.05) is 17.7 Å². The molecule has 0 atom stereocenters. The lowest BCUT2D eigenvalue weighted by atomic mass is 10.1. The van der Waals surface area contributed by atoms with Gasteiger partial charge in [-0.2, -0.15) is 10.2 Å². The Morgan fingerprint density at radius 3 is 2.05 bits per heavy atom. The summed E-state index contributed by atoms with van der Waals surface area (Å²) in [6.07, 6.45) is 0. The fourth-order valence-corrected chi connectivity index (χ4v) is 2.00. The van der Waals surface area contributed by atoms with Crippen LogP contribution in [0.25, 0.3) is 0 Å². The molecule has 118 valence electrons. The van der Waals surface area contributed by atoms with E-state index in [1.54, 1.807) is 12.1 Å². The molecule has 2 aromatic rings. The maximum atomic E-state index is 9.93. The van der Waals surface area contributed by atoms with Gasteiger partial charge in [-0.05, 0) is 37.3 Å². The van der Waals surface area contributed by atoms with Crippen molar-refractivity contribution >= 4 is 11.4 Å². The fourth-order valence-electron chi connectivity index (χ4n) is 2.00. The Morgan fingerprint density at radius 1 is 0.909 bits per heavy atom. The van der Waals surface area contributed by atoms with Crippen LogP contribution >= 0.6 is 0 Å². The molecule has 0 fully saturated rings. The molecule has 22 heavy (non-hydrogen) atoms. The molecule has 0 bridgehead atoms. The second kappa shape index (κ2) is 7.69. The topological polar surface area (TPSA) is 45.0 Å². The summed E-state index contributed by atoms with van der Waals surface area (Å²) in [4.78, 5) is 0. The van der Waals surface area contributed by atoms with Crippen LogP contribution in [0.15, 0.2) is 52.7 Å². The second-order valence-corrected chi connectivity index (χ2v) is 6.30. The van der Waals surface area contributed by atoms with Crippen LogP contribution in [-0.2, 0) is 6.54 Å². The van der Waals surface area contributed by atoms with E-state index < -0.39 is 0 Å². The SMILES string of the molecule is Cc1ccc(N=Nc2ccc(O)c(C[N+](C)(C)C)c2)cc1.[I-]. The number of hydrogen-bond acceptors (Lipinski definition) is 3. The number of nitrogens with zero attached hydrogens (tertiary/aromatic N) is 3. The molecule has 0 amide bonds. The quantitative estimate of drug-likeness (QED) is 0.461. The van der Waals surface area contributed by atoms with Gasteiger partial charge in [0.2, 0.25) is 0 Å². The molecule has 0 radical (unpaired) electrons. The lowest BCUT2D eigenvalue weighted by Gasteiger charge is -2.24. The highest BCUT2D eigenvalue weighted by Gasteiger charge is 2.12. The first-order valence-electron chi connectivity index (χ1n) is 6.94. The molecule has 2 rings (SSSR count). The third-order valence-electron chi connectivity index (χ3n) is 3.02. The minimum Gasteiger partial charge on any atom is -1.00 e. The Balaban J connectivity index is 0.00000242. The van der Waals surface area contributed by atoms with Crippen molar-refractivity contribution in [2.24, 2.45) is 10.2 Å². The van der Waals surface area contributed by atoms with Crippen molar-refractivity contribution < 1.29 is 33.6 Å². The summed E-state index contributed by atoms with van der Waals surface area (Å²) in [5.41, 5.74) is 3.64. The summed E-state index contributed by atoms with van der Waals surface area (Å²) in [6.45, 7) is 2.78. The van der Waals surface area contributed by atoms with E-state index in [0.717, 1.165) is 28.0 Å². The Kier molecular flexibility index (Phi) is 6.49. The maximum Gasteiger partial charge on any atom is 0.124 e. The molecule has 4 nitrogen and oxygen atoms in total. The molecule has 0 unspecified atom stereocenters. The fraction of sp³-hybridized carbons (Fsp3) is 0.294. The molecule has 0 saturated carbocycles. The van der Waals surface area contributed by atoms with Gasteiger partial charge in [-0.15, -0.1) is 0 Å². The third kappa shape index (κ3) is 5.73. The minimum absolute atomic E-state index is 0. The van der Waals surface area contributed by atoms with Crippen LogP contribution in [0.5, 0.6) is 5.75 Å². The van der Waals surface area contributed by atoms with Crippen molar-refractivity contribution in [3.8, 4) is 5.75 Å².